The van der Waals surface area contributed by atoms with Crippen molar-refractivity contribution in [1.29, 1.82) is 0 Å². The van der Waals surface area contributed by atoms with E-state index in [0.29, 0.717) is 17.7 Å². The smallest absolute Gasteiger partial charge is 0.310 e. The molecule has 31 heavy (non-hydrogen) atoms. The Morgan fingerprint density at radius 3 is 2.48 bits per heavy atom. The molecule has 6 heteroatoms. The number of carbonyl (C=O) groups is 2. The molecule has 0 aromatic heterocycles. The molecule has 0 aliphatic rings. The van der Waals surface area contributed by atoms with E-state index in [-0.39, 0.29) is 24.3 Å². The van der Waals surface area contributed by atoms with Crippen molar-refractivity contribution in [2.75, 3.05) is 13.9 Å². The number of ether oxygens (including phenoxy) is 2. The summed E-state index contributed by atoms with van der Waals surface area (Å²) in [4.78, 5) is 25.0. The average Bonchev–Trinajstić information content (AvgIpc) is 2.77. The van der Waals surface area contributed by atoms with Crippen LogP contribution in [0, 0.1) is 0 Å². The molecule has 0 saturated heterocycles. The number of carbonyl (C=O) groups excluding carboxylic acids is 1. The van der Waals surface area contributed by atoms with Gasteiger partial charge in [-0.2, -0.15) is 0 Å². The molecule has 0 spiro atoms. The number of benzene rings is 3. The fourth-order valence-corrected chi connectivity index (χ4v) is 3.76. The fraction of sp³-hybridized carbons (Fsp3) is 0.280. The number of methoxy groups -OCH3 is 1. The largest absolute Gasteiger partial charge is 0.481 e. The third-order valence-electron chi connectivity index (χ3n) is 5.33. The Morgan fingerprint density at radius 2 is 1.77 bits per heavy atom. The topological polar surface area (TPSA) is 84.9 Å². The van der Waals surface area contributed by atoms with E-state index in [4.69, 9.17) is 9.47 Å². The van der Waals surface area contributed by atoms with Crippen LogP contribution in [0.1, 0.15) is 53.7 Å². The van der Waals surface area contributed by atoms with Gasteiger partial charge in [-0.3, -0.25) is 9.59 Å². The van der Waals surface area contributed by atoms with Gasteiger partial charge in [-0.15, -0.1) is 0 Å². The minimum Gasteiger partial charge on any atom is -0.481 e. The molecular formula is C25H27NO5. The molecule has 3 rings (SSSR count). The van der Waals surface area contributed by atoms with Gasteiger partial charge in [0.05, 0.1) is 12.0 Å². The highest BCUT2D eigenvalue weighted by Crippen LogP contribution is 2.29. The minimum atomic E-state index is -0.968. The maximum Gasteiger partial charge on any atom is 0.310 e. The second kappa shape index (κ2) is 10.1. The quantitative estimate of drug-likeness (QED) is 0.481. The van der Waals surface area contributed by atoms with Crippen molar-refractivity contribution in [3.8, 4) is 5.75 Å². The molecule has 3 aromatic rings. The maximum atomic E-state index is 13.3. The summed E-state index contributed by atoms with van der Waals surface area (Å²) in [7, 11) is 1.51. The van der Waals surface area contributed by atoms with Crippen molar-refractivity contribution in [2.24, 2.45) is 0 Å². The molecule has 2 N–H and O–H groups in total. The molecule has 2 atom stereocenters. The molecule has 0 radical (unpaired) electrons. The molecule has 6 nitrogen and oxygen atoms in total. The zero-order chi connectivity index (χ0) is 22.4. The van der Waals surface area contributed by atoms with E-state index in [2.05, 4.69) is 5.32 Å². The summed E-state index contributed by atoms with van der Waals surface area (Å²) in [6.07, 6.45) is 0.368. The van der Waals surface area contributed by atoms with Crippen LogP contribution < -0.4 is 10.1 Å². The number of rotatable bonds is 9. The third-order valence-corrected chi connectivity index (χ3v) is 5.33. The number of amides is 1. The molecule has 0 bridgehead atoms. The maximum absolute atomic E-state index is 13.3. The number of hydrogen-bond donors (Lipinski definition) is 2. The van der Waals surface area contributed by atoms with Crippen LogP contribution >= 0.6 is 0 Å². The number of carboxylic acid groups (broad SMARTS) is 1. The summed E-state index contributed by atoms with van der Waals surface area (Å²) in [6.45, 7) is 3.73. The third kappa shape index (κ3) is 5.03. The molecule has 0 fully saturated rings. The van der Waals surface area contributed by atoms with Crippen LogP contribution in [0.2, 0.25) is 0 Å². The number of hydrogen-bond acceptors (Lipinski definition) is 4. The number of aliphatic carboxylic acids is 1. The Morgan fingerprint density at radius 1 is 1.03 bits per heavy atom. The van der Waals surface area contributed by atoms with Crippen molar-refractivity contribution in [2.45, 2.75) is 32.2 Å². The minimum absolute atomic E-state index is 0.0307. The highest BCUT2D eigenvalue weighted by atomic mass is 16.7. The molecule has 1 unspecified atom stereocenters. The molecule has 0 aliphatic heterocycles. The van der Waals surface area contributed by atoms with Gasteiger partial charge in [-0.25, -0.2) is 0 Å². The van der Waals surface area contributed by atoms with Crippen LogP contribution in [0.3, 0.4) is 0 Å². The standard InChI is InChI=1S/C25H27NO5/c1-4-19(25(28)29)22-13-12-18(31-15-30-3)14-23(22)24(27)26-16(2)20-11-7-9-17-8-5-6-10-21(17)20/h5-14,16,19H,4,15H2,1-3H3,(H,26,27)(H,28,29)/t16-,19?/m1/s1. The molecule has 1 amide bonds. The van der Waals surface area contributed by atoms with E-state index >= 15 is 0 Å². The first-order chi connectivity index (χ1) is 15.0. The van der Waals surface area contributed by atoms with Crippen LogP contribution in [0.25, 0.3) is 10.8 Å². The van der Waals surface area contributed by atoms with Crippen molar-refractivity contribution >= 4 is 22.6 Å². The van der Waals surface area contributed by atoms with Gasteiger partial charge in [0.25, 0.3) is 5.91 Å². The Kier molecular flexibility index (Phi) is 7.26. The highest BCUT2D eigenvalue weighted by Gasteiger charge is 2.25. The van der Waals surface area contributed by atoms with Gasteiger partial charge in [0.15, 0.2) is 6.79 Å². The van der Waals surface area contributed by atoms with Gasteiger partial charge < -0.3 is 19.9 Å². The highest BCUT2D eigenvalue weighted by molar-refractivity contribution is 5.98. The molecule has 0 saturated carbocycles. The van der Waals surface area contributed by atoms with E-state index in [0.717, 1.165) is 16.3 Å². The van der Waals surface area contributed by atoms with Gasteiger partial charge in [-0.1, -0.05) is 55.5 Å². The summed E-state index contributed by atoms with van der Waals surface area (Å²) in [5.41, 5.74) is 1.74. The predicted molar refractivity (Wildman–Crippen MR) is 119 cm³/mol. The predicted octanol–water partition coefficient (Wildman–Crippen LogP) is 4.89. The van der Waals surface area contributed by atoms with Crippen molar-refractivity contribution in [3.63, 3.8) is 0 Å². The lowest BCUT2D eigenvalue weighted by Gasteiger charge is -2.20. The van der Waals surface area contributed by atoms with E-state index in [1.807, 2.05) is 49.4 Å². The average molecular weight is 421 g/mol. The lowest BCUT2D eigenvalue weighted by molar-refractivity contribution is -0.138. The van der Waals surface area contributed by atoms with Gasteiger partial charge in [-0.05, 0) is 47.4 Å². The number of fused-ring (bicyclic) bond motifs is 1. The molecule has 0 heterocycles. The van der Waals surface area contributed by atoms with Crippen molar-refractivity contribution < 1.29 is 24.2 Å². The van der Waals surface area contributed by atoms with Crippen LogP contribution in [-0.4, -0.2) is 30.9 Å². The SMILES string of the molecule is CCC(C(=O)O)c1ccc(OCOC)cc1C(=O)N[C@H](C)c1cccc2ccccc12. The van der Waals surface area contributed by atoms with Crippen LogP contribution in [0.15, 0.2) is 60.7 Å². The second-order valence-corrected chi connectivity index (χ2v) is 7.36. The summed E-state index contributed by atoms with van der Waals surface area (Å²) in [5.74, 6) is -1.67. The monoisotopic (exact) mass is 421 g/mol. The summed E-state index contributed by atoms with van der Waals surface area (Å²) in [6, 6.07) is 18.6. The Labute approximate surface area is 181 Å². The normalized spacial score (nSPS) is 12.9. The first kappa shape index (κ1) is 22.3. The number of nitrogens with one attached hydrogen (secondary N) is 1. The van der Waals surface area contributed by atoms with Gasteiger partial charge in [0, 0.05) is 12.7 Å². The summed E-state index contributed by atoms with van der Waals surface area (Å²) in [5, 5.41) is 14.8. The van der Waals surface area contributed by atoms with E-state index in [1.165, 1.54) is 7.11 Å². The molecule has 162 valence electrons. The van der Waals surface area contributed by atoms with Crippen LogP contribution in [0.5, 0.6) is 5.75 Å². The van der Waals surface area contributed by atoms with Gasteiger partial charge in [0.1, 0.15) is 5.75 Å². The van der Waals surface area contributed by atoms with Gasteiger partial charge in [0.2, 0.25) is 0 Å². The molecular weight excluding hydrogens is 394 g/mol. The first-order valence-corrected chi connectivity index (χ1v) is 10.2. The van der Waals surface area contributed by atoms with Crippen molar-refractivity contribution in [1.82, 2.24) is 5.32 Å². The second-order valence-electron chi connectivity index (χ2n) is 7.36. The lowest BCUT2D eigenvalue weighted by atomic mass is 9.91. The Balaban J connectivity index is 1.95. The van der Waals surface area contributed by atoms with E-state index in [9.17, 15) is 14.7 Å². The lowest BCUT2D eigenvalue weighted by Crippen LogP contribution is -2.29. The van der Waals surface area contributed by atoms with Crippen LogP contribution in [-0.2, 0) is 9.53 Å². The zero-order valence-corrected chi connectivity index (χ0v) is 17.9. The summed E-state index contributed by atoms with van der Waals surface area (Å²) >= 11 is 0. The van der Waals surface area contributed by atoms with Gasteiger partial charge >= 0.3 is 5.97 Å². The fourth-order valence-electron chi connectivity index (χ4n) is 3.76. The first-order valence-electron chi connectivity index (χ1n) is 10.2. The van der Waals surface area contributed by atoms with E-state index in [1.54, 1.807) is 25.1 Å². The zero-order valence-electron chi connectivity index (χ0n) is 17.9. The van der Waals surface area contributed by atoms with E-state index < -0.39 is 11.9 Å². The molecule has 3 aromatic carbocycles. The molecule has 0 aliphatic carbocycles. The van der Waals surface area contributed by atoms with Crippen LogP contribution in [0.4, 0.5) is 0 Å². The Bertz CT molecular complexity index is 1070. The summed E-state index contributed by atoms with van der Waals surface area (Å²) < 4.78 is 10.4. The van der Waals surface area contributed by atoms with Crippen molar-refractivity contribution in [3.05, 3.63) is 77.4 Å². The Hall–Kier alpha value is -3.38. The number of carboxylic acids is 1.